The third-order valence-electron chi connectivity index (χ3n) is 3.75. The quantitative estimate of drug-likeness (QED) is 0.402. The average Bonchev–Trinajstić information content (AvgIpc) is 2.45. The molecule has 118 valence electrons. The van der Waals surface area contributed by atoms with E-state index < -0.39 is 0 Å². The Morgan fingerprint density at radius 1 is 1.35 bits per heavy atom. The summed E-state index contributed by atoms with van der Waals surface area (Å²) < 4.78 is 5.04. The van der Waals surface area contributed by atoms with Crippen LogP contribution in [-0.4, -0.2) is 63.3 Å². The van der Waals surface area contributed by atoms with Gasteiger partial charge in [-0.25, -0.2) is 0 Å². The first-order valence-corrected chi connectivity index (χ1v) is 8.03. The molecule has 1 unspecified atom stereocenters. The smallest absolute Gasteiger partial charge is 0.191 e. The second-order valence-corrected chi connectivity index (χ2v) is 5.41. The Kier molecular flexibility index (Phi) is 9.41. The molecule has 1 aliphatic rings. The van der Waals surface area contributed by atoms with Gasteiger partial charge < -0.3 is 15.4 Å². The number of nitrogens with zero attached hydrogens (tertiary/aromatic N) is 2. The van der Waals surface area contributed by atoms with E-state index in [2.05, 4.69) is 34.4 Å². The van der Waals surface area contributed by atoms with E-state index in [1.54, 1.807) is 7.11 Å². The van der Waals surface area contributed by atoms with Gasteiger partial charge >= 0.3 is 0 Å². The molecular formula is C15H32N4O. The maximum atomic E-state index is 5.04. The fraction of sp³-hybridized carbons (Fsp3) is 0.933. The summed E-state index contributed by atoms with van der Waals surface area (Å²) in [5.74, 6) is 0.924. The van der Waals surface area contributed by atoms with Gasteiger partial charge in [-0.05, 0) is 39.7 Å². The largest absolute Gasteiger partial charge is 0.385 e. The van der Waals surface area contributed by atoms with Gasteiger partial charge in [0.2, 0.25) is 0 Å². The standard InChI is InChI=1S/C15H32N4O/c1-4-16-15(17-9-7-13-20-3)18-10-12-19-11-6-5-8-14(19)2/h14H,4-13H2,1-3H3,(H2,16,17,18). The molecule has 1 atom stereocenters. The van der Waals surface area contributed by atoms with Crippen molar-refractivity contribution in [3.8, 4) is 0 Å². The average molecular weight is 284 g/mol. The van der Waals surface area contributed by atoms with Gasteiger partial charge in [0.25, 0.3) is 0 Å². The second-order valence-electron chi connectivity index (χ2n) is 5.41. The number of rotatable bonds is 8. The van der Waals surface area contributed by atoms with Crippen LogP contribution in [0.3, 0.4) is 0 Å². The van der Waals surface area contributed by atoms with Crippen LogP contribution in [0.5, 0.6) is 0 Å². The van der Waals surface area contributed by atoms with E-state index in [1.165, 1.54) is 25.8 Å². The highest BCUT2D eigenvalue weighted by atomic mass is 16.5. The van der Waals surface area contributed by atoms with Crippen molar-refractivity contribution >= 4 is 5.96 Å². The van der Waals surface area contributed by atoms with E-state index in [-0.39, 0.29) is 0 Å². The van der Waals surface area contributed by atoms with E-state index >= 15 is 0 Å². The summed E-state index contributed by atoms with van der Waals surface area (Å²) in [6.45, 7) is 10.2. The van der Waals surface area contributed by atoms with Gasteiger partial charge in [-0.1, -0.05) is 6.42 Å². The van der Waals surface area contributed by atoms with Crippen LogP contribution in [0.15, 0.2) is 4.99 Å². The van der Waals surface area contributed by atoms with Gasteiger partial charge in [-0.3, -0.25) is 9.89 Å². The molecule has 20 heavy (non-hydrogen) atoms. The fourth-order valence-corrected chi connectivity index (χ4v) is 2.55. The Morgan fingerprint density at radius 2 is 2.20 bits per heavy atom. The lowest BCUT2D eigenvalue weighted by atomic mass is 10.0. The summed E-state index contributed by atoms with van der Waals surface area (Å²) >= 11 is 0. The first kappa shape index (κ1) is 17.2. The third-order valence-corrected chi connectivity index (χ3v) is 3.75. The number of likely N-dealkylation sites (tertiary alicyclic amines) is 1. The summed E-state index contributed by atoms with van der Waals surface area (Å²) in [5.41, 5.74) is 0. The zero-order valence-electron chi connectivity index (χ0n) is 13.5. The Hall–Kier alpha value is -0.810. The zero-order valence-corrected chi connectivity index (χ0v) is 13.5. The molecule has 0 aliphatic carbocycles. The maximum Gasteiger partial charge on any atom is 0.191 e. The van der Waals surface area contributed by atoms with Crippen LogP contribution in [0.1, 0.15) is 39.5 Å². The topological polar surface area (TPSA) is 48.9 Å². The lowest BCUT2D eigenvalue weighted by Crippen LogP contribution is -2.45. The first-order chi connectivity index (χ1) is 9.77. The van der Waals surface area contributed by atoms with Gasteiger partial charge in [-0.15, -0.1) is 0 Å². The van der Waals surface area contributed by atoms with Gasteiger partial charge in [0.05, 0.1) is 0 Å². The van der Waals surface area contributed by atoms with Crippen LogP contribution >= 0.6 is 0 Å². The SMILES string of the molecule is CCNC(=NCCCOC)NCCN1CCCCC1C. The number of aliphatic imine (C=N–C) groups is 1. The van der Waals surface area contributed by atoms with Gasteiger partial charge in [-0.2, -0.15) is 0 Å². The Bertz CT molecular complexity index is 271. The van der Waals surface area contributed by atoms with Crippen molar-refractivity contribution in [2.45, 2.75) is 45.6 Å². The first-order valence-electron chi connectivity index (χ1n) is 8.03. The van der Waals surface area contributed by atoms with E-state index in [0.29, 0.717) is 0 Å². The molecule has 0 radical (unpaired) electrons. The van der Waals surface area contributed by atoms with Crippen molar-refractivity contribution in [1.29, 1.82) is 0 Å². The Morgan fingerprint density at radius 3 is 2.90 bits per heavy atom. The lowest BCUT2D eigenvalue weighted by molar-refractivity contribution is 0.163. The predicted octanol–water partition coefficient (Wildman–Crippen LogP) is 1.45. The van der Waals surface area contributed by atoms with Gasteiger partial charge in [0.1, 0.15) is 0 Å². The van der Waals surface area contributed by atoms with Crippen LogP contribution in [0.2, 0.25) is 0 Å². The molecule has 5 heteroatoms. The fourth-order valence-electron chi connectivity index (χ4n) is 2.55. The predicted molar refractivity (Wildman–Crippen MR) is 85.4 cm³/mol. The summed E-state index contributed by atoms with van der Waals surface area (Å²) in [6, 6.07) is 0.728. The highest BCUT2D eigenvalue weighted by Crippen LogP contribution is 2.15. The monoisotopic (exact) mass is 284 g/mol. The normalized spacial score (nSPS) is 20.9. The number of hydrogen-bond donors (Lipinski definition) is 2. The molecule has 0 aromatic heterocycles. The minimum absolute atomic E-state index is 0.728. The molecule has 1 rings (SSSR count). The van der Waals surface area contributed by atoms with E-state index in [1.807, 2.05) is 0 Å². The minimum atomic E-state index is 0.728. The van der Waals surface area contributed by atoms with Crippen molar-refractivity contribution in [2.75, 3.05) is 46.4 Å². The molecule has 0 aromatic carbocycles. The zero-order chi connectivity index (χ0) is 14.6. The molecule has 0 aromatic rings. The molecule has 1 fully saturated rings. The van der Waals surface area contributed by atoms with Crippen molar-refractivity contribution < 1.29 is 4.74 Å². The van der Waals surface area contributed by atoms with Crippen molar-refractivity contribution in [3.05, 3.63) is 0 Å². The van der Waals surface area contributed by atoms with E-state index in [4.69, 9.17) is 4.74 Å². The lowest BCUT2D eigenvalue weighted by Gasteiger charge is -2.33. The van der Waals surface area contributed by atoms with Crippen LogP contribution in [0.4, 0.5) is 0 Å². The number of methoxy groups -OCH3 is 1. The van der Waals surface area contributed by atoms with E-state index in [9.17, 15) is 0 Å². The molecular weight excluding hydrogens is 252 g/mol. The molecule has 5 nitrogen and oxygen atoms in total. The van der Waals surface area contributed by atoms with Crippen molar-refractivity contribution in [3.63, 3.8) is 0 Å². The van der Waals surface area contributed by atoms with Crippen molar-refractivity contribution in [2.24, 2.45) is 4.99 Å². The molecule has 1 aliphatic heterocycles. The summed E-state index contributed by atoms with van der Waals surface area (Å²) in [4.78, 5) is 7.12. The number of guanidine groups is 1. The molecule has 0 amide bonds. The molecule has 1 heterocycles. The van der Waals surface area contributed by atoms with Crippen LogP contribution in [0.25, 0.3) is 0 Å². The highest BCUT2D eigenvalue weighted by molar-refractivity contribution is 5.79. The maximum absolute atomic E-state index is 5.04. The summed E-state index contributed by atoms with van der Waals surface area (Å²) in [7, 11) is 1.73. The highest BCUT2D eigenvalue weighted by Gasteiger charge is 2.17. The molecule has 0 bridgehead atoms. The van der Waals surface area contributed by atoms with Crippen LogP contribution in [0, 0.1) is 0 Å². The van der Waals surface area contributed by atoms with E-state index in [0.717, 1.165) is 51.2 Å². The van der Waals surface area contributed by atoms with Gasteiger partial charge in [0.15, 0.2) is 5.96 Å². The minimum Gasteiger partial charge on any atom is -0.385 e. The molecule has 0 saturated carbocycles. The Labute approximate surface area is 124 Å². The van der Waals surface area contributed by atoms with Crippen LogP contribution < -0.4 is 10.6 Å². The summed E-state index contributed by atoms with van der Waals surface area (Å²) in [6.07, 6.45) is 5.03. The second kappa shape index (κ2) is 10.9. The third kappa shape index (κ3) is 7.10. The summed E-state index contributed by atoms with van der Waals surface area (Å²) in [5, 5.41) is 6.71. The number of piperidine rings is 1. The Balaban J connectivity index is 2.23. The van der Waals surface area contributed by atoms with Crippen LogP contribution in [-0.2, 0) is 4.74 Å². The van der Waals surface area contributed by atoms with Gasteiger partial charge in [0, 0.05) is 45.9 Å². The number of ether oxygens (including phenoxy) is 1. The molecule has 0 spiro atoms. The molecule has 1 saturated heterocycles. The molecule has 2 N–H and O–H groups in total. The van der Waals surface area contributed by atoms with Crippen molar-refractivity contribution in [1.82, 2.24) is 15.5 Å². The number of nitrogens with one attached hydrogen (secondary N) is 2. The number of hydrogen-bond acceptors (Lipinski definition) is 3.